The second-order valence-corrected chi connectivity index (χ2v) is 6.99. The fraction of sp³-hybridized carbons (Fsp3) is 0.632. The van der Waals surface area contributed by atoms with Gasteiger partial charge in [-0.3, -0.25) is 9.69 Å². The van der Waals surface area contributed by atoms with Crippen molar-refractivity contribution in [1.29, 1.82) is 0 Å². The molecule has 2 saturated heterocycles. The third-order valence-corrected chi connectivity index (χ3v) is 5.09. The predicted molar refractivity (Wildman–Crippen MR) is 102 cm³/mol. The van der Waals surface area contributed by atoms with Crippen LogP contribution in [0.15, 0.2) is 24.3 Å². The molecule has 0 aliphatic carbocycles. The Kier molecular flexibility index (Phi) is 8.00. The molecule has 140 valence electrons. The van der Waals surface area contributed by atoms with Gasteiger partial charge in [-0.05, 0) is 62.4 Å². The van der Waals surface area contributed by atoms with Crippen molar-refractivity contribution in [3.05, 3.63) is 29.8 Å². The minimum Gasteiger partial charge on any atom is -0.497 e. The number of halogens is 1. The maximum absolute atomic E-state index is 12.1. The molecule has 0 aromatic heterocycles. The van der Waals surface area contributed by atoms with Crippen molar-refractivity contribution in [2.24, 2.45) is 5.92 Å². The van der Waals surface area contributed by atoms with E-state index in [1.807, 2.05) is 12.1 Å². The number of carbonyl (C=O) groups excluding carboxylic acids is 1. The summed E-state index contributed by atoms with van der Waals surface area (Å²) < 4.78 is 5.31. The first-order valence-electron chi connectivity index (χ1n) is 9.11. The topological polar surface area (TPSA) is 53.6 Å². The highest BCUT2D eigenvalue weighted by molar-refractivity contribution is 5.85. The summed E-state index contributed by atoms with van der Waals surface area (Å²) in [7, 11) is 1.71. The Morgan fingerprint density at radius 3 is 3.00 bits per heavy atom. The zero-order valence-corrected chi connectivity index (χ0v) is 15.8. The van der Waals surface area contributed by atoms with Gasteiger partial charge in [0, 0.05) is 19.6 Å². The fourth-order valence-electron chi connectivity index (χ4n) is 3.77. The molecule has 2 heterocycles. The van der Waals surface area contributed by atoms with Crippen molar-refractivity contribution < 1.29 is 9.53 Å². The Morgan fingerprint density at radius 2 is 2.24 bits per heavy atom. The van der Waals surface area contributed by atoms with E-state index >= 15 is 0 Å². The quantitative estimate of drug-likeness (QED) is 0.809. The molecule has 0 spiro atoms. The molecule has 2 aliphatic heterocycles. The van der Waals surface area contributed by atoms with Crippen LogP contribution in [0.3, 0.4) is 0 Å². The van der Waals surface area contributed by atoms with E-state index in [0.717, 1.165) is 51.3 Å². The molecule has 1 aromatic rings. The lowest BCUT2D eigenvalue weighted by Crippen LogP contribution is -2.45. The maximum Gasteiger partial charge on any atom is 0.237 e. The lowest BCUT2D eigenvalue weighted by molar-refractivity contribution is -0.123. The van der Waals surface area contributed by atoms with E-state index in [1.165, 1.54) is 18.4 Å². The van der Waals surface area contributed by atoms with Crippen molar-refractivity contribution in [1.82, 2.24) is 15.5 Å². The van der Waals surface area contributed by atoms with Gasteiger partial charge in [0.2, 0.25) is 5.91 Å². The number of rotatable bonds is 6. The number of amides is 1. The Hall–Kier alpha value is -1.30. The molecule has 1 amide bonds. The van der Waals surface area contributed by atoms with E-state index in [4.69, 9.17) is 4.74 Å². The summed E-state index contributed by atoms with van der Waals surface area (Å²) in [6.07, 6.45) is 4.48. The van der Waals surface area contributed by atoms with Crippen LogP contribution >= 0.6 is 12.4 Å². The van der Waals surface area contributed by atoms with Gasteiger partial charge in [0.25, 0.3) is 0 Å². The van der Waals surface area contributed by atoms with E-state index in [1.54, 1.807) is 7.11 Å². The molecule has 3 rings (SSSR count). The van der Waals surface area contributed by atoms with Crippen LogP contribution in [0.5, 0.6) is 5.75 Å². The van der Waals surface area contributed by atoms with Crippen molar-refractivity contribution >= 4 is 18.3 Å². The van der Waals surface area contributed by atoms with Crippen molar-refractivity contribution in [3.63, 3.8) is 0 Å². The van der Waals surface area contributed by atoms with Crippen LogP contribution in [0.4, 0.5) is 0 Å². The Balaban J connectivity index is 0.00000225. The number of hydrogen-bond donors (Lipinski definition) is 2. The van der Waals surface area contributed by atoms with Crippen LogP contribution in [0.2, 0.25) is 0 Å². The van der Waals surface area contributed by atoms with Crippen molar-refractivity contribution in [3.8, 4) is 5.75 Å². The molecule has 0 saturated carbocycles. The lowest BCUT2D eigenvalue weighted by atomic mass is 9.97. The number of benzene rings is 1. The lowest BCUT2D eigenvalue weighted by Gasteiger charge is -2.33. The predicted octanol–water partition coefficient (Wildman–Crippen LogP) is 2.20. The van der Waals surface area contributed by atoms with E-state index in [2.05, 4.69) is 27.7 Å². The van der Waals surface area contributed by atoms with E-state index < -0.39 is 0 Å². The molecule has 6 heteroatoms. The molecule has 2 aliphatic rings. The number of piperidine rings is 1. The van der Waals surface area contributed by atoms with Crippen LogP contribution in [-0.2, 0) is 11.3 Å². The average molecular weight is 368 g/mol. The molecule has 2 fully saturated rings. The Morgan fingerprint density at radius 1 is 1.36 bits per heavy atom. The number of nitrogens with one attached hydrogen (secondary N) is 2. The molecular weight excluding hydrogens is 338 g/mol. The number of likely N-dealkylation sites (tertiary alicyclic amines) is 1. The van der Waals surface area contributed by atoms with Gasteiger partial charge in [-0.1, -0.05) is 12.1 Å². The van der Waals surface area contributed by atoms with E-state index in [9.17, 15) is 4.79 Å². The molecule has 0 radical (unpaired) electrons. The molecule has 1 aromatic carbocycles. The summed E-state index contributed by atoms with van der Waals surface area (Å²) in [5, 5.41) is 6.41. The van der Waals surface area contributed by atoms with Gasteiger partial charge in [-0.15, -0.1) is 12.4 Å². The van der Waals surface area contributed by atoms with Crippen LogP contribution in [0.25, 0.3) is 0 Å². The third-order valence-electron chi connectivity index (χ3n) is 5.09. The first kappa shape index (κ1) is 20.0. The van der Waals surface area contributed by atoms with Crippen LogP contribution in [0, 0.1) is 5.92 Å². The van der Waals surface area contributed by atoms with E-state index in [0.29, 0.717) is 5.92 Å². The Labute approximate surface area is 156 Å². The zero-order chi connectivity index (χ0) is 16.8. The van der Waals surface area contributed by atoms with Crippen molar-refractivity contribution in [2.75, 3.05) is 33.3 Å². The number of ether oxygens (including phenoxy) is 1. The van der Waals surface area contributed by atoms with E-state index in [-0.39, 0.29) is 24.4 Å². The summed E-state index contributed by atoms with van der Waals surface area (Å²) in [6.45, 7) is 4.90. The van der Waals surface area contributed by atoms with Gasteiger partial charge < -0.3 is 15.4 Å². The first-order valence-corrected chi connectivity index (χ1v) is 9.11. The highest BCUT2D eigenvalue weighted by atomic mass is 35.5. The summed E-state index contributed by atoms with van der Waals surface area (Å²) in [6, 6.07) is 8.32. The molecule has 5 nitrogen and oxygen atoms in total. The van der Waals surface area contributed by atoms with Crippen LogP contribution < -0.4 is 15.4 Å². The third kappa shape index (κ3) is 5.87. The highest BCUT2D eigenvalue weighted by Gasteiger charge is 2.24. The number of carbonyl (C=O) groups is 1. The van der Waals surface area contributed by atoms with Crippen LogP contribution in [0.1, 0.15) is 31.2 Å². The second kappa shape index (κ2) is 10.00. The fourth-order valence-corrected chi connectivity index (χ4v) is 3.77. The summed E-state index contributed by atoms with van der Waals surface area (Å²) in [5.74, 6) is 1.64. The maximum atomic E-state index is 12.1. The van der Waals surface area contributed by atoms with Gasteiger partial charge in [0.1, 0.15) is 5.75 Å². The van der Waals surface area contributed by atoms with Crippen LogP contribution in [-0.4, -0.2) is 50.1 Å². The normalized spacial score (nSPS) is 23.7. The molecule has 2 atom stereocenters. The van der Waals surface area contributed by atoms with Gasteiger partial charge in [-0.25, -0.2) is 0 Å². The van der Waals surface area contributed by atoms with Gasteiger partial charge >= 0.3 is 0 Å². The smallest absolute Gasteiger partial charge is 0.237 e. The van der Waals surface area contributed by atoms with Crippen molar-refractivity contribution in [2.45, 2.75) is 38.3 Å². The number of nitrogens with zero attached hydrogens (tertiary/aromatic N) is 1. The second-order valence-electron chi connectivity index (χ2n) is 6.99. The largest absolute Gasteiger partial charge is 0.497 e. The highest BCUT2D eigenvalue weighted by Crippen LogP contribution is 2.20. The minimum atomic E-state index is 0. The number of methoxy groups -OCH3 is 1. The summed E-state index contributed by atoms with van der Waals surface area (Å²) in [5.41, 5.74) is 1.29. The molecule has 2 unspecified atom stereocenters. The minimum absolute atomic E-state index is 0. The SMILES string of the molecule is COc1cccc(CN2CCCC(CNC(=O)C3CCCN3)C2)c1.Cl. The monoisotopic (exact) mass is 367 g/mol. The number of hydrogen-bond acceptors (Lipinski definition) is 4. The molecular formula is C19H30ClN3O2. The Bertz CT molecular complexity index is 549. The summed E-state index contributed by atoms with van der Waals surface area (Å²) in [4.78, 5) is 14.6. The zero-order valence-electron chi connectivity index (χ0n) is 15.0. The first-order chi connectivity index (χ1) is 11.7. The standard InChI is InChI=1S/C19H29N3O2.ClH/c1-24-17-7-2-5-15(11-17)13-22-10-4-6-16(14-22)12-21-19(23)18-8-3-9-20-18;/h2,5,7,11,16,18,20H,3-4,6,8-10,12-14H2,1H3,(H,21,23);1H. The average Bonchev–Trinajstić information content (AvgIpc) is 3.15. The van der Waals surface area contributed by atoms with Gasteiger partial charge in [0.15, 0.2) is 0 Å². The van der Waals surface area contributed by atoms with Gasteiger partial charge in [0.05, 0.1) is 13.2 Å². The summed E-state index contributed by atoms with van der Waals surface area (Å²) >= 11 is 0. The molecule has 25 heavy (non-hydrogen) atoms. The molecule has 2 N–H and O–H groups in total. The van der Waals surface area contributed by atoms with Gasteiger partial charge in [-0.2, -0.15) is 0 Å². The molecule has 0 bridgehead atoms.